The molecule has 0 N–H and O–H groups in total. The van der Waals surface area contributed by atoms with Gasteiger partial charge in [0.1, 0.15) is 13.2 Å². The fourth-order valence-electron chi connectivity index (χ4n) is 7.11. The molecule has 0 aliphatic rings. The summed E-state index contributed by atoms with van der Waals surface area (Å²) >= 11 is 0. The quantitative estimate of drug-likeness (QED) is 0.0262. The zero-order valence-electron chi connectivity index (χ0n) is 40.6. The molecule has 356 valence electrons. The van der Waals surface area contributed by atoms with Crippen molar-refractivity contribution in [3.8, 4) is 0 Å². The summed E-state index contributed by atoms with van der Waals surface area (Å²) in [5.74, 6) is -1.05. The van der Waals surface area contributed by atoms with Gasteiger partial charge in [-0.25, -0.2) is 0 Å². The molecule has 0 rings (SSSR count). The first kappa shape index (κ1) is 58.9. The Morgan fingerprint density at radius 1 is 0.355 bits per heavy atom. The van der Waals surface area contributed by atoms with E-state index in [1.54, 1.807) is 6.08 Å². The van der Waals surface area contributed by atoms with Gasteiger partial charge in [-0.2, -0.15) is 0 Å². The van der Waals surface area contributed by atoms with E-state index in [1.165, 1.54) is 116 Å². The Kier molecular flexibility index (Phi) is 47.9. The first-order valence-corrected chi connectivity index (χ1v) is 25.9. The molecule has 6 nitrogen and oxygen atoms in total. The van der Waals surface area contributed by atoms with Crippen LogP contribution in [0.4, 0.5) is 0 Å². The molecule has 0 aromatic carbocycles. The van der Waals surface area contributed by atoms with Gasteiger partial charge in [-0.15, -0.1) is 0 Å². The van der Waals surface area contributed by atoms with Crippen molar-refractivity contribution in [2.75, 3.05) is 13.2 Å². The van der Waals surface area contributed by atoms with E-state index in [0.717, 1.165) is 89.9 Å². The van der Waals surface area contributed by atoms with Gasteiger partial charge in [-0.05, 0) is 64.2 Å². The van der Waals surface area contributed by atoms with E-state index in [0.29, 0.717) is 12.8 Å². The van der Waals surface area contributed by atoms with Gasteiger partial charge < -0.3 is 14.2 Å². The molecule has 0 aromatic rings. The number of ether oxygens (including phenoxy) is 3. The summed E-state index contributed by atoms with van der Waals surface area (Å²) in [6.45, 7) is 6.38. The molecule has 62 heavy (non-hydrogen) atoms. The highest BCUT2D eigenvalue weighted by molar-refractivity contribution is 5.72. The SMILES string of the molecule is CC/C=C\C/C=C\C/C=C\C/C=C\C/C=C\CC(=O)OC(COC(=O)CCCCCCC/C=C\CCC)COC(=O)CCCCCCCCCCCCCCCCCCCCC. The highest BCUT2D eigenvalue weighted by atomic mass is 16.6. The zero-order valence-corrected chi connectivity index (χ0v) is 40.6. The van der Waals surface area contributed by atoms with Gasteiger partial charge in [0.05, 0.1) is 6.42 Å². The number of hydrogen-bond donors (Lipinski definition) is 0. The molecule has 0 saturated heterocycles. The minimum absolute atomic E-state index is 0.0969. The average Bonchev–Trinajstić information content (AvgIpc) is 3.27. The van der Waals surface area contributed by atoms with Crippen molar-refractivity contribution in [2.24, 2.45) is 0 Å². The fourth-order valence-corrected chi connectivity index (χ4v) is 7.11. The topological polar surface area (TPSA) is 78.9 Å². The first-order chi connectivity index (χ1) is 30.5. The predicted octanol–water partition coefficient (Wildman–Crippen LogP) is 17.0. The van der Waals surface area contributed by atoms with Gasteiger partial charge in [0.25, 0.3) is 0 Å². The second-order valence-corrected chi connectivity index (χ2v) is 17.1. The number of allylic oxidation sites excluding steroid dienone is 11. The van der Waals surface area contributed by atoms with Crippen LogP contribution in [-0.2, 0) is 28.6 Å². The molecule has 0 bridgehead atoms. The van der Waals surface area contributed by atoms with Crippen molar-refractivity contribution < 1.29 is 28.6 Å². The Balaban J connectivity index is 4.40. The van der Waals surface area contributed by atoms with Crippen LogP contribution in [0, 0.1) is 0 Å². The van der Waals surface area contributed by atoms with Gasteiger partial charge >= 0.3 is 17.9 Å². The lowest BCUT2D eigenvalue weighted by atomic mass is 10.0. The van der Waals surface area contributed by atoms with Gasteiger partial charge in [-0.1, -0.05) is 235 Å². The van der Waals surface area contributed by atoms with Crippen LogP contribution >= 0.6 is 0 Å². The molecular weight excluding hydrogens is 769 g/mol. The van der Waals surface area contributed by atoms with E-state index in [9.17, 15) is 14.4 Å². The maximum atomic E-state index is 12.7. The Labute approximate surface area is 382 Å². The van der Waals surface area contributed by atoms with Crippen molar-refractivity contribution >= 4 is 17.9 Å². The summed E-state index contributed by atoms with van der Waals surface area (Å²) in [6, 6.07) is 0. The normalized spacial score (nSPS) is 12.6. The number of carbonyl (C=O) groups excluding carboxylic acids is 3. The molecular formula is C56H96O6. The van der Waals surface area contributed by atoms with E-state index in [2.05, 4.69) is 81.5 Å². The molecule has 0 radical (unpaired) electrons. The maximum Gasteiger partial charge on any atom is 0.310 e. The lowest BCUT2D eigenvalue weighted by Gasteiger charge is -2.18. The van der Waals surface area contributed by atoms with Crippen LogP contribution < -0.4 is 0 Å². The first-order valence-electron chi connectivity index (χ1n) is 25.9. The van der Waals surface area contributed by atoms with Crippen LogP contribution in [-0.4, -0.2) is 37.2 Å². The third-order valence-electron chi connectivity index (χ3n) is 11.0. The van der Waals surface area contributed by atoms with E-state index in [-0.39, 0.29) is 31.6 Å². The summed E-state index contributed by atoms with van der Waals surface area (Å²) in [5.41, 5.74) is 0. The minimum atomic E-state index is -0.830. The largest absolute Gasteiger partial charge is 0.462 e. The van der Waals surface area contributed by atoms with Crippen molar-refractivity contribution in [2.45, 2.75) is 252 Å². The van der Waals surface area contributed by atoms with E-state index < -0.39 is 12.1 Å². The third-order valence-corrected chi connectivity index (χ3v) is 11.0. The monoisotopic (exact) mass is 865 g/mol. The molecule has 0 aliphatic carbocycles. The number of rotatable bonds is 46. The summed E-state index contributed by atoms with van der Waals surface area (Å²) in [6.07, 6.45) is 63.5. The molecule has 0 heterocycles. The lowest BCUT2D eigenvalue weighted by Crippen LogP contribution is -2.30. The Morgan fingerprint density at radius 3 is 1.11 bits per heavy atom. The van der Waals surface area contributed by atoms with Crippen LogP contribution in [0.3, 0.4) is 0 Å². The molecule has 0 saturated carbocycles. The second kappa shape index (κ2) is 50.5. The number of esters is 3. The van der Waals surface area contributed by atoms with Gasteiger partial charge in [0, 0.05) is 12.8 Å². The molecule has 1 unspecified atom stereocenters. The van der Waals surface area contributed by atoms with Crippen LogP contribution in [0.5, 0.6) is 0 Å². The molecule has 0 aliphatic heterocycles. The van der Waals surface area contributed by atoms with E-state index in [1.807, 2.05) is 6.08 Å². The molecule has 0 aromatic heterocycles. The predicted molar refractivity (Wildman–Crippen MR) is 265 cm³/mol. The van der Waals surface area contributed by atoms with Gasteiger partial charge in [0.2, 0.25) is 0 Å². The van der Waals surface area contributed by atoms with Crippen molar-refractivity contribution in [1.29, 1.82) is 0 Å². The zero-order chi connectivity index (χ0) is 45.1. The van der Waals surface area contributed by atoms with E-state index >= 15 is 0 Å². The molecule has 6 heteroatoms. The van der Waals surface area contributed by atoms with E-state index in [4.69, 9.17) is 14.2 Å². The smallest absolute Gasteiger partial charge is 0.310 e. The van der Waals surface area contributed by atoms with Gasteiger partial charge in [0.15, 0.2) is 6.10 Å². The molecule has 0 fully saturated rings. The fraction of sp³-hybridized carbons (Fsp3) is 0.732. The minimum Gasteiger partial charge on any atom is -0.462 e. The van der Waals surface area contributed by atoms with Crippen molar-refractivity contribution in [3.05, 3.63) is 72.9 Å². The van der Waals surface area contributed by atoms with Crippen LogP contribution in [0.25, 0.3) is 0 Å². The lowest BCUT2D eigenvalue weighted by molar-refractivity contribution is -0.166. The Hall–Kier alpha value is -3.15. The Bertz CT molecular complexity index is 1180. The Morgan fingerprint density at radius 2 is 0.710 bits per heavy atom. The van der Waals surface area contributed by atoms with Crippen LogP contribution in [0.15, 0.2) is 72.9 Å². The van der Waals surface area contributed by atoms with Crippen LogP contribution in [0.1, 0.15) is 245 Å². The maximum absolute atomic E-state index is 12.7. The second-order valence-electron chi connectivity index (χ2n) is 17.1. The average molecular weight is 865 g/mol. The number of hydrogen-bond acceptors (Lipinski definition) is 6. The van der Waals surface area contributed by atoms with Gasteiger partial charge in [-0.3, -0.25) is 14.4 Å². The highest BCUT2D eigenvalue weighted by Gasteiger charge is 2.19. The summed E-state index contributed by atoms with van der Waals surface area (Å²) < 4.78 is 16.7. The number of unbranched alkanes of at least 4 members (excludes halogenated alkanes) is 24. The molecule has 1 atom stereocenters. The third kappa shape index (κ3) is 47.9. The molecule has 0 spiro atoms. The standard InChI is InChI=1S/C56H96O6/c1-4-7-10-13-16-19-22-24-26-27-28-29-31-32-34-37-40-43-46-49-55(58)61-52-53(51-60-54(57)48-45-42-39-36-21-18-15-12-9-6-3)62-56(59)50-47-44-41-38-35-33-30-25-23-20-17-14-11-8-5-2/h8,11-12,15,17,20,25,30,35,38,44,47,53H,4-7,9-10,13-14,16,18-19,21-24,26-29,31-34,36-37,39-43,45-46,48-52H2,1-3H3/b11-8-,15-12-,20-17-,30-25-,38-35-,47-44-. The summed E-state index contributed by atoms with van der Waals surface area (Å²) in [5, 5.41) is 0. The summed E-state index contributed by atoms with van der Waals surface area (Å²) in [7, 11) is 0. The molecule has 0 amide bonds. The highest BCUT2D eigenvalue weighted by Crippen LogP contribution is 2.16. The van der Waals surface area contributed by atoms with Crippen molar-refractivity contribution in [1.82, 2.24) is 0 Å². The van der Waals surface area contributed by atoms with Crippen molar-refractivity contribution in [3.63, 3.8) is 0 Å². The summed E-state index contributed by atoms with van der Waals surface area (Å²) in [4.78, 5) is 37.8. The van der Waals surface area contributed by atoms with Crippen LogP contribution in [0.2, 0.25) is 0 Å². The number of carbonyl (C=O) groups is 3.